The highest BCUT2D eigenvalue weighted by atomic mass is 16.5. The van der Waals surface area contributed by atoms with E-state index in [1.54, 1.807) is 7.05 Å². The Morgan fingerprint density at radius 1 is 1.26 bits per heavy atom. The van der Waals surface area contributed by atoms with E-state index in [-0.39, 0.29) is 12.2 Å². The molecule has 31 heavy (non-hydrogen) atoms. The fourth-order valence-corrected chi connectivity index (χ4v) is 3.49. The van der Waals surface area contributed by atoms with Crippen LogP contribution in [-0.4, -0.2) is 49.9 Å². The number of ether oxygens (including phenoxy) is 2. The maximum absolute atomic E-state index is 5.97. The number of guanidine groups is 1. The van der Waals surface area contributed by atoms with E-state index in [1.807, 2.05) is 20.0 Å². The highest BCUT2D eigenvalue weighted by Gasteiger charge is 2.17. The normalized spacial score (nSPS) is 17.0. The van der Waals surface area contributed by atoms with Gasteiger partial charge in [0.25, 0.3) is 0 Å². The molecule has 0 radical (unpaired) electrons. The van der Waals surface area contributed by atoms with E-state index in [4.69, 9.17) is 9.47 Å². The molecule has 1 atom stereocenters. The van der Waals surface area contributed by atoms with E-state index >= 15 is 0 Å². The van der Waals surface area contributed by atoms with Crippen molar-refractivity contribution in [1.29, 1.82) is 0 Å². The second-order valence-electron chi connectivity index (χ2n) is 8.21. The van der Waals surface area contributed by atoms with Gasteiger partial charge in [-0.05, 0) is 51.0 Å². The molecule has 1 unspecified atom stereocenters. The van der Waals surface area contributed by atoms with E-state index in [0.717, 1.165) is 48.4 Å². The number of aryl methyl sites for hydroxylation is 1. The van der Waals surface area contributed by atoms with Gasteiger partial charge in [-0.1, -0.05) is 18.2 Å². The van der Waals surface area contributed by atoms with Gasteiger partial charge < -0.3 is 25.0 Å². The van der Waals surface area contributed by atoms with Gasteiger partial charge in [-0.15, -0.1) is 0 Å². The molecule has 7 heteroatoms. The Hall–Kier alpha value is -2.80. The summed E-state index contributed by atoms with van der Waals surface area (Å²) < 4.78 is 11.6. The quantitative estimate of drug-likeness (QED) is 0.524. The average molecular weight is 426 g/mol. The monoisotopic (exact) mass is 425 g/mol. The van der Waals surface area contributed by atoms with Crippen LogP contribution in [0.15, 0.2) is 41.5 Å². The molecule has 1 saturated heterocycles. The third-order valence-corrected chi connectivity index (χ3v) is 5.09. The number of aromatic nitrogens is 1. The molecular formula is C24H35N5O2. The van der Waals surface area contributed by atoms with Crippen molar-refractivity contribution in [2.75, 3.05) is 31.6 Å². The van der Waals surface area contributed by atoms with E-state index in [2.05, 4.69) is 69.7 Å². The number of pyridine rings is 1. The smallest absolute Gasteiger partial charge is 0.191 e. The summed E-state index contributed by atoms with van der Waals surface area (Å²) in [5.74, 6) is 2.65. The zero-order chi connectivity index (χ0) is 22.2. The standard InChI is InChI=1S/C24H35N5O2/c1-17(2)31-22-12-18(3)6-8-21(22)15-28-24(25-5)27-14-20-7-9-23(26-13-20)29-10-11-30-19(4)16-29/h6-9,12-13,17,19H,10-11,14-16H2,1-5H3,(H2,25,27,28). The maximum atomic E-state index is 5.97. The largest absolute Gasteiger partial charge is 0.491 e. The second-order valence-corrected chi connectivity index (χ2v) is 8.21. The third kappa shape index (κ3) is 6.85. The van der Waals surface area contributed by atoms with Crippen molar-refractivity contribution in [3.8, 4) is 5.75 Å². The Labute approximate surface area is 185 Å². The summed E-state index contributed by atoms with van der Waals surface area (Å²) in [5.41, 5.74) is 3.39. The minimum atomic E-state index is 0.133. The Kier molecular flexibility index (Phi) is 8.12. The first kappa shape index (κ1) is 22.9. The molecule has 2 N–H and O–H groups in total. The number of anilines is 1. The number of rotatable bonds is 7. The number of hydrogen-bond donors (Lipinski definition) is 2. The number of hydrogen-bond acceptors (Lipinski definition) is 5. The number of nitrogens with one attached hydrogen (secondary N) is 2. The maximum Gasteiger partial charge on any atom is 0.191 e. The van der Waals surface area contributed by atoms with Crippen LogP contribution >= 0.6 is 0 Å². The summed E-state index contributed by atoms with van der Waals surface area (Å²) in [6.07, 6.45) is 2.30. The molecule has 0 amide bonds. The van der Waals surface area contributed by atoms with Crippen LogP contribution in [-0.2, 0) is 17.8 Å². The summed E-state index contributed by atoms with van der Waals surface area (Å²) in [5, 5.41) is 6.73. The molecule has 2 aromatic rings. The Morgan fingerprint density at radius 3 is 2.74 bits per heavy atom. The Balaban J connectivity index is 1.53. The van der Waals surface area contributed by atoms with Gasteiger partial charge in [0.05, 0.1) is 18.8 Å². The van der Waals surface area contributed by atoms with Crippen molar-refractivity contribution < 1.29 is 9.47 Å². The predicted molar refractivity (Wildman–Crippen MR) is 126 cm³/mol. The molecular weight excluding hydrogens is 390 g/mol. The summed E-state index contributed by atoms with van der Waals surface area (Å²) in [7, 11) is 1.77. The van der Waals surface area contributed by atoms with Crippen LogP contribution in [0, 0.1) is 6.92 Å². The molecule has 0 bridgehead atoms. The van der Waals surface area contributed by atoms with Crippen molar-refractivity contribution in [3.63, 3.8) is 0 Å². The lowest BCUT2D eigenvalue weighted by molar-refractivity contribution is 0.0529. The van der Waals surface area contributed by atoms with E-state index in [1.165, 1.54) is 5.56 Å². The van der Waals surface area contributed by atoms with Crippen LogP contribution in [0.4, 0.5) is 5.82 Å². The van der Waals surface area contributed by atoms with Crippen LogP contribution in [0.3, 0.4) is 0 Å². The van der Waals surface area contributed by atoms with Crippen LogP contribution in [0.5, 0.6) is 5.75 Å². The van der Waals surface area contributed by atoms with Crippen molar-refractivity contribution in [2.45, 2.75) is 53.0 Å². The van der Waals surface area contributed by atoms with Crippen LogP contribution < -0.4 is 20.3 Å². The molecule has 0 spiro atoms. The van der Waals surface area contributed by atoms with Crippen LogP contribution in [0.25, 0.3) is 0 Å². The third-order valence-electron chi connectivity index (χ3n) is 5.09. The van der Waals surface area contributed by atoms with E-state index in [0.29, 0.717) is 13.1 Å². The van der Waals surface area contributed by atoms with Gasteiger partial charge in [0.15, 0.2) is 5.96 Å². The zero-order valence-corrected chi connectivity index (χ0v) is 19.3. The van der Waals surface area contributed by atoms with Crippen LogP contribution in [0.2, 0.25) is 0 Å². The van der Waals surface area contributed by atoms with Crippen molar-refractivity contribution in [1.82, 2.24) is 15.6 Å². The molecule has 1 aliphatic heterocycles. The van der Waals surface area contributed by atoms with Gasteiger partial charge in [-0.3, -0.25) is 4.99 Å². The molecule has 0 saturated carbocycles. The first-order chi connectivity index (χ1) is 14.9. The zero-order valence-electron chi connectivity index (χ0n) is 19.3. The lowest BCUT2D eigenvalue weighted by atomic mass is 10.1. The number of aliphatic imine (C=N–C) groups is 1. The SMILES string of the molecule is CN=C(NCc1ccc(N2CCOC(C)C2)nc1)NCc1ccc(C)cc1OC(C)C. The van der Waals surface area contributed by atoms with Crippen molar-refractivity contribution >= 4 is 11.8 Å². The fraction of sp³-hybridized carbons (Fsp3) is 0.500. The van der Waals surface area contributed by atoms with Gasteiger partial charge in [0.1, 0.15) is 11.6 Å². The molecule has 3 rings (SSSR count). The van der Waals surface area contributed by atoms with Gasteiger partial charge in [0, 0.05) is 45.0 Å². The lowest BCUT2D eigenvalue weighted by Gasteiger charge is -2.32. The van der Waals surface area contributed by atoms with E-state index in [9.17, 15) is 0 Å². The topological polar surface area (TPSA) is 71.0 Å². The van der Waals surface area contributed by atoms with Gasteiger partial charge in [-0.2, -0.15) is 0 Å². The predicted octanol–water partition coefficient (Wildman–Crippen LogP) is 3.27. The Bertz CT molecular complexity index is 867. The fourth-order valence-electron chi connectivity index (χ4n) is 3.49. The number of morpholine rings is 1. The first-order valence-corrected chi connectivity index (χ1v) is 11.0. The summed E-state index contributed by atoms with van der Waals surface area (Å²) in [4.78, 5) is 11.2. The summed E-state index contributed by atoms with van der Waals surface area (Å²) in [6.45, 7) is 12.0. The second kappa shape index (κ2) is 11.0. The lowest BCUT2D eigenvalue weighted by Crippen LogP contribution is -2.41. The summed E-state index contributed by atoms with van der Waals surface area (Å²) >= 11 is 0. The highest BCUT2D eigenvalue weighted by Crippen LogP contribution is 2.21. The molecule has 168 valence electrons. The van der Waals surface area contributed by atoms with Gasteiger partial charge in [-0.25, -0.2) is 4.98 Å². The van der Waals surface area contributed by atoms with Gasteiger partial charge >= 0.3 is 0 Å². The average Bonchev–Trinajstić information content (AvgIpc) is 2.75. The van der Waals surface area contributed by atoms with Gasteiger partial charge in [0.2, 0.25) is 0 Å². The molecule has 2 heterocycles. The molecule has 1 aromatic heterocycles. The molecule has 1 fully saturated rings. The number of nitrogens with zero attached hydrogens (tertiary/aromatic N) is 3. The minimum absolute atomic E-state index is 0.133. The number of benzene rings is 1. The Morgan fingerprint density at radius 2 is 2.06 bits per heavy atom. The van der Waals surface area contributed by atoms with Crippen molar-refractivity contribution in [2.24, 2.45) is 4.99 Å². The highest BCUT2D eigenvalue weighted by molar-refractivity contribution is 5.79. The molecule has 7 nitrogen and oxygen atoms in total. The first-order valence-electron chi connectivity index (χ1n) is 11.0. The summed E-state index contributed by atoms with van der Waals surface area (Å²) in [6, 6.07) is 10.5. The molecule has 1 aromatic carbocycles. The van der Waals surface area contributed by atoms with E-state index < -0.39 is 0 Å². The minimum Gasteiger partial charge on any atom is -0.491 e. The van der Waals surface area contributed by atoms with Crippen molar-refractivity contribution in [3.05, 3.63) is 53.2 Å². The van der Waals surface area contributed by atoms with Crippen LogP contribution in [0.1, 0.15) is 37.5 Å². The molecule has 1 aliphatic rings. The molecule has 0 aliphatic carbocycles.